The Hall–Kier alpha value is -3.08. The molecule has 1 aliphatic rings. The van der Waals surface area contributed by atoms with E-state index in [0.29, 0.717) is 65.1 Å². The van der Waals surface area contributed by atoms with E-state index in [1.807, 2.05) is 19.1 Å². The van der Waals surface area contributed by atoms with Gasteiger partial charge in [-0.15, -0.1) is 0 Å². The van der Waals surface area contributed by atoms with Gasteiger partial charge in [-0.1, -0.05) is 29.0 Å². The summed E-state index contributed by atoms with van der Waals surface area (Å²) >= 11 is 11.2. The van der Waals surface area contributed by atoms with Crippen LogP contribution in [0.3, 0.4) is 0 Å². The summed E-state index contributed by atoms with van der Waals surface area (Å²) in [6.07, 6.45) is 1.72. The molecule has 38 heavy (non-hydrogen) atoms. The molecule has 0 spiro atoms. The van der Waals surface area contributed by atoms with E-state index in [0.717, 1.165) is 0 Å². The second kappa shape index (κ2) is 11.8. The highest BCUT2D eigenvalue weighted by Gasteiger charge is 2.33. The van der Waals surface area contributed by atoms with E-state index in [1.165, 1.54) is 23.0 Å². The summed E-state index contributed by atoms with van der Waals surface area (Å²) in [5, 5.41) is 0.360. The third-order valence-electron chi connectivity index (χ3n) is 5.84. The molecule has 11 heteroatoms. The number of allylic oxidation sites excluding steroid dienone is 1. The number of hydrogen-bond donors (Lipinski definition) is 0. The van der Waals surface area contributed by atoms with Crippen molar-refractivity contribution >= 4 is 50.9 Å². The van der Waals surface area contributed by atoms with Gasteiger partial charge in [0, 0.05) is 0 Å². The van der Waals surface area contributed by atoms with Crippen molar-refractivity contribution in [2.24, 2.45) is 4.99 Å². The number of rotatable bonds is 8. The normalized spacial score (nSPS) is 15.1. The number of carbonyl (C=O) groups excluding carboxylic acids is 1. The molecule has 4 rings (SSSR count). The Bertz CT molecular complexity index is 1610. The van der Waals surface area contributed by atoms with Crippen LogP contribution in [-0.2, 0) is 9.53 Å². The fourth-order valence-corrected chi connectivity index (χ4v) is 6.14. The van der Waals surface area contributed by atoms with E-state index in [-0.39, 0.29) is 12.2 Å². The van der Waals surface area contributed by atoms with Crippen molar-refractivity contribution in [2.45, 2.75) is 26.8 Å². The van der Waals surface area contributed by atoms with Crippen LogP contribution in [0.25, 0.3) is 6.08 Å². The van der Waals surface area contributed by atoms with Gasteiger partial charge in [-0.2, -0.15) is 0 Å². The lowest BCUT2D eigenvalue weighted by Gasteiger charge is -2.25. The van der Waals surface area contributed by atoms with Crippen LogP contribution in [-0.4, -0.2) is 38.0 Å². The molecule has 1 aromatic heterocycles. The summed E-state index contributed by atoms with van der Waals surface area (Å²) in [4.78, 5) is 32.0. The van der Waals surface area contributed by atoms with Gasteiger partial charge >= 0.3 is 5.97 Å². The molecule has 0 amide bonds. The van der Waals surface area contributed by atoms with Crippen molar-refractivity contribution < 1.29 is 23.7 Å². The summed E-state index contributed by atoms with van der Waals surface area (Å²) in [5.74, 6) is 0.999. The maximum absolute atomic E-state index is 13.8. The molecule has 2 heterocycles. The Balaban J connectivity index is 1.95. The van der Waals surface area contributed by atoms with Crippen LogP contribution >= 0.6 is 38.9 Å². The second-order valence-electron chi connectivity index (χ2n) is 8.16. The highest BCUT2D eigenvalue weighted by Crippen LogP contribution is 2.37. The first kappa shape index (κ1) is 27.9. The first-order valence-corrected chi connectivity index (χ1v) is 13.8. The molecule has 0 bridgehead atoms. The molecule has 0 unspecified atom stereocenters. The predicted molar refractivity (Wildman–Crippen MR) is 150 cm³/mol. The number of aromatic nitrogens is 1. The van der Waals surface area contributed by atoms with E-state index >= 15 is 0 Å². The van der Waals surface area contributed by atoms with Crippen molar-refractivity contribution in [1.29, 1.82) is 0 Å². The number of carbonyl (C=O) groups is 1. The van der Waals surface area contributed by atoms with Crippen LogP contribution in [0.1, 0.15) is 37.9 Å². The zero-order valence-corrected chi connectivity index (χ0v) is 24.6. The molecule has 0 aliphatic carbocycles. The van der Waals surface area contributed by atoms with E-state index in [4.69, 9.17) is 30.5 Å². The Morgan fingerprint density at radius 3 is 2.55 bits per heavy atom. The summed E-state index contributed by atoms with van der Waals surface area (Å²) in [6.45, 7) is 5.95. The quantitative estimate of drug-likeness (QED) is 0.341. The number of halogens is 2. The molecule has 3 aromatic rings. The minimum atomic E-state index is -0.743. The van der Waals surface area contributed by atoms with Gasteiger partial charge in [-0.25, -0.2) is 9.79 Å². The van der Waals surface area contributed by atoms with Gasteiger partial charge in [0.1, 0.15) is 5.75 Å². The summed E-state index contributed by atoms with van der Waals surface area (Å²) in [6, 6.07) is 8.15. The van der Waals surface area contributed by atoms with Crippen molar-refractivity contribution in [2.75, 3.05) is 27.4 Å². The molecule has 0 saturated heterocycles. The lowest BCUT2D eigenvalue weighted by Crippen LogP contribution is -2.40. The van der Waals surface area contributed by atoms with Crippen molar-refractivity contribution in [3.05, 3.63) is 81.9 Å². The molecule has 0 fully saturated rings. The van der Waals surface area contributed by atoms with Crippen molar-refractivity contribution in [3.63, 3.8) is 0 Å². The topological polar surface area (TPSA) is 88.4 Å². The predicted octanol–water partition coefficient (Wildman–Crippen LogP) is 4.63. The maximum Gasteiger partial charge on any atom is 0.338 e. The zero-order chi connectivity index (χ0) is 27.6. The highest BCUT2D eigenvalue weighted by atomic mass is 79.9. The maximum atomic E-state index is 13.8. The third-order valence-corrected chi connectivity index (χ3v) is 7.73. The Labute approximate surface area is 236 Å². The largest absolute Gasteiger partial charge is 0.496 e. The van der Waals surface area contributed by atoms with Gasteiger partial charge in [0.15, 0.2) is 16.3 Å². The summed E-state index contributed by atoms with van der Waals surface area (Å²) in [5.41, 5.74) is 1.85. The molecular formula is C27H26BrClN2O6S. The van der Waals surface area contributed by atoms with Crippen LogP contribution in [0.2, 0.25) is 5.02 Å². The Morgan fingerprint density at radius 1 is 1.16 bits per heavy atom. The number of methoxy groups -OCH3 is 2. The molecule has 0 saturated carbocycles. The van der Waals surface area contributed by atoms with Crippen LogP contribution in [0.15, 0.2) is 55.9 Å². The first-order chi connectivity index (χ1) is 18.2. The van der Waals surface area contributed by atoms with Gasteiger partial charge < -0.3 is 18.9 Å². The minimum absolute atomic E-state index is 0.194. The van der Waals surface area contributed by atoms with Crippen LogP contribution in [0, 0.1) is 0 Å². The van der Waals surface area contributed by atoms with Crippen molar-refractivity contribution in [3.8, 4) is 17.2 Å². The van der Waals surface area contributed by atoms with Gasteiger partial charge in [0.25, 0.3) is 5.56 Å². The first-order valence-electron chi connectivity index (χ1n) is 11.8. The number of esters is 1. The van der Waals surface area contributed by atoms with Crippen molar-refractivity contribution in [1.82, 2.24) is 4.57 Å². The highest BCUT2D eigenvalue weighted by molar-refractivity contribution is 9.10. The fraction of sp³-hybridized carbons (Fsp3) is 0.296. The van der Waals surface area contributed by atoms with E-state index in [2.05, 4.69) is 20.9 Å². The van der Waals surface area contributed by atoms with E-state index in [1.54, 1.807) is 45.2 Å². The molecule has 1 atom stereocenters. The molecular weight excluding hydrogens is 596 g/mol. The molecule has 0 radical (unpaired) electrons. The van der Waals surface area contributed by atoms with E-state index in [9.17, 15) is 9.59 Å². The molecule has 2 aromatic carbocycles. The summed E-state index contributed by atoms with van der Waals surface area (Å²) < 4.78 is 24.4. The number of hydrogen-bond acceptors (Lipinski definition) is 8. The minimum Gasteiger partial charge on any atom is -0.496 e. The third kappa shape index (κ3) is 5.25. The molecule has 200 valence electrons. The van der Waals surface area contributed by atoms with Gasteiger partial charge in [-0.3, -0.25) is 9.36 Å². The van der Waals surface area contributed by atoms with Crippen LogP contribution in [0.5, 0.6) is 17.2 Å². The molecule has 1 aliphatic heterocycles. The number of thiazole rings is 1. The average molecular weight is 622 g/mol. The lowest BCUT2D eigenvalue weighted by atomic mass is 9.96. The number of nitrogens with zero attached hydrogens (tertiary/aromatic N) is 2. The number of ether oxygens (including phenoxy) is 4. The number of benzene rings is 2. The van der Waals surface area contributed by atoms with Crippen LogP contribution < -0.4 is 29.1 Å². The fourth-order valence-electron chi connectivity index (χ4n) is 4.24. The number of fused-ring (bicyclic) bond motifs is 1. The second-order valence-corrected chi connectivity index (χ2v) is 10.4. The Kier molecular flexibility index (Phi) is 8.64. The monoisotopic (exact) mass is 620 g/mol. The average Bonchev–Trinajstić information content (AvgIpc) is 3.17. The smallest absolute Gasteiger partial charge is 0.338 e. The standard InChI is InChI=1S/C27H26BrClN2O6S/c1-6-36-20-11-15(10-18(29)24(20)35-5)12-21-25(32)31-23(16-8-9-19(34-4)17(28)13-16)22(26(33)37-7-2)14(3)30-27(31)38-21/h8-13,23H,6-7H2,1-5H3/b21-12+/t23-/m0/s1. The molecule has 0 N–H and O–H groups in total. The summed E-state index contributed by atoms with van der Waals surface area (Å²) in [7, 11) is 3.09. The SMILES string of the molecule is CCOC(=O)C1=C(C)N=c2s/c(=C/c3cc(Cl)c(OC)c(OCC)c3)c(=O)n2[C@H]1c1ccc(OC)c(Br)c1. The van der Waals surface area contributed by atoms with Gasteiger partial charge in [0.2, 0.25) is 0 Å². The van der Waals surface area contributed by atoms with Gasteiger partial charge in [-0.05, 0) is 78.2 Å². The molecule has 8 nitrogen and oxygen atoms in total. The lowest BCUT2D eigenvalue weighted by molar-refractivity contribution is -0.139. The Morgan fingerprint density at radius 2 is 1.92 bits per heavy atom. The zero-order valence-electron chi connectivity index (χ0n) is 21.5. The van der Waals surface area contributed by atoms with Crippen LogP contribution in [0.4, 0.5) is 0 Å². The van der Waals surface area contributed by atoms with E-state index < -0.39 is 12.0 Å². The van der Waals surface area contributed by atoms with Gasteiger partial charge in [0.05, 0.1) is 58.8 Å².